The Morgan fingerprint density at radius 1 is 1.03 bits per heavy atom. The lowest BCUT2D eigenvalue weighted by Crippen LogP contribution is -2.44. The van der Waals surface area contributed by atoms with Gasteiger partial charge in [-0.3, -0.25) is 9.59 Å². The Morgan fingerprint density at radius 2 is 1.68 bits per heavy atom. The third kappa shape index (κ3) is 5.24. The summed E-state index contributed by atoms with van der Waals surface area (Å²) in [5.74, 6) is -1.64. The topological polar surface area (TPSA) is 105 Å². The van der Waals surface area contributed by atoms with Crippen LogP contribution < -0.4 is 10.6 Å². The summed E-state index contributed by atoms with van der Waals surface area (Å²) < 4.78 is 5.64. The minimum absolute atomic E-state index is 0.00554. The quantitative estimate of drug-likeness (QED) is 0.480. The second-order valence-electron chi connectivity index (χ2n) is 9.29. The number of alkyl carbamates (subject to hydrolysis) is 1. The van der Waals surface area contributed by atoms with Gasteiger partial charge in [-0.2, -0.15) is 0 Å². The molecule has 0 spiro atoms. The molecule has 2 aliphatic rings. The number of carbonyl (C=O) groups is 3. The van der Waals surface area contributed by atoms with Crippen LogP contribution in [0.2, 0.25) is 0 Å². The monoisotopic (exact) mass is 464 g/mol. The SMILES string of the molecule is CC(CCCNC(=O)[C@H]1CCC[C@H]1NC(=O)OCC1c2ccccc2-c2ccccc21)C(=O)O. The summed E-state index contributed by atoms with van der Waals surface area (Å²) in [6, 6.07) is 16.1. The zero-order valence-corrected chi connectivity index (χ0v) is 19.5. The van der Waals surface area contributed by atoms with E-state index in [1.54, 1.807) is 6.92 Å². The molecule has 0 aliphatic heterocycles. The maximum absolute atomic E-state index is 12.6. The first kappa shape index (κ1) is 23.8. The molecule has 180 valence electrons. The van der Waals surface area contributed by atoms with Crippen LogP contribution in [0.1, 0.15) is 56.1 Å². The predicted molar refractivity (Wildman–Crippen MR) is 128 cm³/mol. The van der Waals surface area contributed by atoms with E-state index in [0.717, 1.165) is 24.0 Å². The second kappa shape index (κ2) is 10.7. The van der Waals surface area contributed by atoms with Crippen LogP contribution in [0.3, 0.4) is 0 Å². The van der Waals surface area contributed by atoms with Crippen molar-refractivity contribution in [2.24, 2.45) is 11.8 Å². The first-order valence-electron chi connectivity index (χ1n) is 12.1. The van der Waals surface area contributed by atoms with Gasteiger partial charge in [0.15, 0.2) is 0 Å². The lowest BCUT2D eigenvalue weighted by atomic mass is 9.98. The number of carbonyl (C=O) groups excluding carboxylic acids is 2. The minimum Gasteiger partial charge on any atom is -0.481 e. The van der Waals surface area contributed by atoms with Gasteiger partial charge in [0, 0.05) is 18.5 Å². The Labute approximate surface area is 199 Å². The van der Waals surface area contributed by atoms with Gasteiger partial charge in [0.1, 0.15) is 6.61 Å². The zero-order chi connectivity index (χ0) is 24.1. The van der Waals surface area contributed by atoms with E-state index in [1.807, 2.05) is 24.3 Å². The second-order valence-corrected chi connectivity index (χ2v) is 9.29. The first-order chi connectivity index (χ1) is 16.5. The number of hydrogen-bond donors (Lipinski definition) is 3. The molecule has 1 fully saturated rings. The molecular formula is C27H32N2O5. The molecule has 2 amide bonds. The number of carboxylic acid groups (broad SMARTS) is 1. The fraction of sp³-hybridized carbons (Fsp3) is 0.444. The Kier molecular flexibility index (Phi) is 7.50. The first-order valence-corrected chi connectivity index (χ1v) is 12.1. The third-order valence-corrected chi connectivity index (χ3v) is 7.03. The molecule has 7 heteroatoms. The van der Waals surface area contributed by atoms with Gasteiger partial charge in [0.25, 0.3) is 0 Å². The highest BCUT2D eigenvalue weighted by atomic mass is 16.5. The lowest BCUT2D eigenvalue weighted by Gasteiger charge is -2.21. The van der Waals surface area contributed by atoms with Gasteiger partial charge in [-0.15, -0.1) is 0 Å². The lowest BCUT2D eigenvalue weighted by molar-refractivity contribution is -0.141. The Morgan fingerprint density at radius 3 is 2.32 bits per heavy atom. The molecule has 34 heavy (non-hydrogen) atoms. The molecule has 2 aliphatic carbocycles. The molecule has 0 radical (unpaired) electrons. The highest BCUT2D eigenvalue weighted by Crippen LogP contribution is 2.44. The van der Waals surface area contributed by atoms with Gasteiger partial charge < -0.3 is 20.5 Å². The fourth-order valence-corrected chi connectivity index (χ4v) is 5.11. The van der Waals surface area contributed by atoms with E-state index >= 15 is 0 Å². The molecule has 2 aromatic rings. The molecule has 1 unspecified atom stereocenters. The number of nitrogens with one attached hydrogen (secondary N) is 2. The van der Waals surface area contributed by atoms with Crippen LogP contribution in [0, 0.1) is 11.8 Å². The van der Waals surface area contributed by atoms with Crippen LogP contribution >= 0.6 is 0 Å². The van der Waals surface area contributed by atoms with Gasteiger partial charge in [-0.1, -0.05) is 61.9 Å². The molecule has 4 rings (SSSR count). The molecule has 2 aromatic carbocycles. The van der Waals surface area contributed by atoms with Crippen molar-refractivity contribution in [3.8, 4) is 11.1 Å². The summed E-state index contributed by atoms with van der Waals surface area (Å²) in [5, 5.41) is 14.8. The molecular weight excluding hydrogens is 432 g/mol. The predicted octanol–water partition coefficient (Wildman–Crippen LogP) is 4.31. The van der Waals surface area contributed by atoms with Crippen molar-refractivity contribution in [3.63, 3.8) is 0 Å². The molecule has 1 saturated carbocycles. The van der Waals surface area contributed by atoms with E-state index in [1.165, 1.54) is 11.1 Å². The van der Waals surface area contributed by atoms with E-state index in [4.69, 9.17) is 9.84 Å². The van der Waals surface area contributed by atoms with Crippen molar-refractivity contribution in [1.29, 1.82) is 0 Å². The van der Waals surface area contributed by atoms with Crippen LogP contribution in [0.25, 0.3) is 11.1 Å². The average molecular weight is 465 g/mol. The molecule has 0 saturated heterocycles. The van der Waals surface area contributed by atoms with Gasteiger partial charge in [0.2, 0.25) is 5.91 Å². The number of rotatable bonds is 9. The van der Waals surface area contributed by atoms with Crippen LogP contribution in [0.4, 0.5) is 4.79 Å². The summed E-state index contributed by atoms with van der Waals surface area (Å²) in [6.07, 6.45) is 2.94. The minimum atomic E-state index is -0.825. The number of ether oxygens (including phenoxy) is 1. The number of hydrogen-bond acceptors (Lipinski definition) is 4. The van der Waals surface area contributed by atoms with Crippen molar-refractivity contribution >= 4 is 18.0 Å². The highest BCUT2D eigenvalue weighted by Gasteiger charge is 2.35. The standard InChI is InChI=1S/C27H32N2O5/c1-17(26(31)32)8-7-15-28-25(30)22-13-6-14-24(22)29-27(33)34-16-23-20-11-4-2-9-18(20)19-10-3-5-12-21(19)23/h2-5,9-12,17,22-24H,6-8,13-16H2,1H3,(H,28,30)(H,29,33)(H,31,32)/t17?,22-,24+/m0/s1. The van der Waals surface area contributed by atoms with Crippen molar-refractivity contribution in [2.75, 3.05) is 13.2 Å². The largest absolute Gasteiger partial charge is 0.481 e. The number of aliphatic carboxylic acids is 1. The summed E-state index contributed by atoms with van der Waals surface area (Å²) >= 11 is 0. The zero-order valence-electron chi connectivity index (χ0n) is 19.5. The highest BCUT2D eigenvalue weighted by molar-refractivity contribution is 5.81. The van der Waals surface area contributed by atoms with Gasteiger partial charge in [0.05, 0.1) is 11.8 Å². The van der Waals surface area contributed by atoms with Gasteiger partial charge >= 0.3 is 12.1 Å². The van der Waals surface area contributed by atoms with Crippen LogP contribution in [0.5, 0.6) is 0 Å². The van der Waals surface area contributed by atoms with Crippen LogP contribution in [0.15, 0.2) is 48.5 Å². The maximum atomic E-state index is 12.6. The third-order valence-electron chi connectivity index (χ3n) is 7.03. The number of benzene rings is 2. The smallest absolute Gasteiger partial charge is 0.407 e. The number of carboxylic acids is 1. The molecule has 3 N–H and O–H groups in total. The van der Waals surface area contributed by atoms with Crippen LogP contribution in [-0.2, 0) is 14.3 Å². The van der Waals surface area contributed by atoms with E-state index in [9.17, 15) is 14.4 Å². The molecule has 0 bridgehead atoms. The van der Waals surface area contributed by atoms with Crippen molar-refractivity contribution in [1.82, 2.24) is 10.6 Å². The maximum Gasteiger partial charge on any atom is 0.407 e. The van der Waals surface area contributed by atoms with Crippen LogP contribution in [-0.4, -0.2) is 42.3 Å². The number of amides is 2. The summed E-state index contributed by atoms with van der Waals surface area (Å²) in [7, 11) is 0. The Bertz CT molecular complexity index is 1010. The van der Waals surface area contributed by atoms with E-state index < -0.39 is 18.0 Å². The normalized spacial score (nSPS) is 19.7. The number of fused-ring (bicyclic) bond motifs is 3. The average Bonchev–Trinajstić information content (AvgIpc) is 3.42. The van der Waals surface area contributed by atoms with Crippen molar-refractivity contribution in [3.05, 3.63) is 59.7 Å². The molecule has 3 atom stereocenters. The van der Waals surface area contributed by atoms with Crippen molar-refractivity contribution in [2.45, 2.75) is 51.0 Å². The van der Waals surface area contributed by atoms with Crippen molar-refractivity contribution < 1.29 is 24.2 Å². The fourth-order valence-electron chi connectivity index (χ4n) is 5.11. The summed E-state index contributed by atoms with van der Waals surface area (Å²) in [4.78, 5) is 36.2. The Balaban J connectivity index is 1.28. The Hall–Kier alpha value is -3.35. The van der Waals surface area contributed by atoms with E-state index in [-0.39, 0.29) is 30.4 Å². The van der Waals surface area contributed by atoms with E-state index in [0.29, 0.717) is 25.8 Å². The summed E-state index contributed by atoms with van der Waals surface area (Å²) in [6.45, 7) is 2.34. The molecule has 0 heterocycles. The van der Waals surface area contributed by atoms with Gasteiger partial charge in [-0.25, -0.2) is 4.79 Å². The van der Waals surface area contributed by atoms with Gasteiger partial charge in [-0.05, 0) is 47.9 Å². The van der Waals surface area contributed by atoms with E-state index in [2.05, 4.69) is 34.9 Å². The molecule has 0 aromatic heterocycles. The summed E-state index contributed by atoms with van der Waals surface area (Å²) in [5.41, 5.74) is 4.67. The molecule has 7 nitrogen and oxygen atoms in total.